The number of anilines is 1. The Bertz CT molecular complexity index is 403. The Balaban J connectivity index is 2.59. The third-order valence-electron chi connectivity index (χ3n) is 2.52. The minimum atomic E-state index is 0.0770. The number of aromatic hydroxyl groups is 1. The fourth-order valence-electron chi connectivity index (χ4n) is 1.68. The number of fused-ring (bicyclic) bond motifs is 1. The van der Waals surface area contributed by atoms with Crippen LogP contribution in [-0.2, 0) is 11.2 Å². The summed E-state index contributed by atoms with van der Waals surface area (Å²) < 4.78 is 0. The summed E-state index contributed by atoms with van der Waals surface area (Å²) in [5.41, 5.74) is 1.65. The van der Waals surface area contributed by atoms with E-state index in [-0.39, 0.29) is 11.7 Å². The summed E-state index contributed by atoms with van der Waals surface area (Å²) in [4.78, 5) is 12.9. The molecular formula is C10H10ClNO2. The number of phenolic OH excluding ortho intramolecular Hbond substituents is 1. The predicted octanol–water partition coefficient (Wildman–Crippen LogP) is 1.95. The Hall–Kier alpha value is -1.22. The van der Waals surface area contributed by atoms with Gasteiger partial charge in [0.1, 0.15) is 5.75 Å². The van der Waals surface area contributed by atoms with Crippen LogP contribution < -0.4 is 4.90 Å². The molecule has 1 aliphatic heterocycles. The van der Waals surface area contributed by atoms with Gasteiger partial charge in [0.15, 0.2) is 0 Å². The zero-order valence-corrected chi connectivity index (χ0v) is 8.51. The maximum atomic E-state index is 11.4. The van der Waals surface area contributed by atoms with Crippen LogP contribution in [0.5, 0.6) is 5.75 Å². The van der Waals surface area contributed by atoms with Crippen molar-refractivity contribution in [2.75, 3.05) is 11.9 Å². The van der Waals surface area contributed by atoms with Crippen molar-refractivity contribution in [3.63, 3.8) is 0 Å². The molecule has 0 radical (unpaired) electrons. The Morgan fingerprint density at radius 1 is 1.43 bits per heavy atom. The largest absolute Gasteiger partial charge is 0.506 e. The first-order chi connectivity index (χ1) is 6.61. The van der Waals surface area contributed by atoms with Gasteiger partial charge in [0.2, 0.25) is 5.91 Å². The van der Waals surface area contributed by atoms with Crippen molar-refractivity contribution in [2.45, 2.75) is 12.8 Å². The number of carbonyl (C=O) groups is 1. The molecule has 0 unspecified atom stereocenters. The monoisotopic (exact) mass is 211 g/mol. The molecule has 0 saturated heterocycles. The zero-order valence-electron chi connectivity index (χ0n) is 7.75. The van der Waals surface area contributed by atoms with Crippen LogP contribution in [0.15, 0.2) is 12.1 Å². The van der Waals surface area contributed by atoms with E-state index in [0.29, 0.717) is 17.9 Å². The van der Waals surface area contributed by atoms with E-state index in [1.165, 1.54) is 6.07 Å². The Morgan fingerprint density at radius 3 is 2.86 bits per heavy atom. The SMILES string of the molecule is CN1C(=O)CCc2c1ccc(O)c2Cl. The average molecular weight is 212 g/mol. The maximum absolute atomic E-state index is 11.4. The lowest BCUT2D eigenvalue weighted by Gasteiger charge is -2.26. The molecule has 0 bridgehead atoms. The number of benzene rings is 1. The third-order valence-corrected chi connectivity index (χ3v) is 2.94. The van der Waals surface area contributed by atoms with E-state index in [9.17, 15) is 9.90 Å². The van der Waals surface area contributed by atoms with E-state index in [2.05, 4.69) is 0 Å². The lowest BCUT2D eigenvalue weighted by molar-refractivity contribution is -0.118. The van der Waals surface area contributed by atoms with Crippen LogP contribution in [0, 0.1) is 0 Å². The van der Waals surface area contributed by atoms with E-state index < -0.39 is 0 Å². The Labute approximate surface area is 86.9 Å². The quantitative estimate of drug-likeness (QED) is 0.713. The van der Waals surface area contributed by atoms with Gasteiger partial charge in [-0.05, 0) is 24.1 Å². The second kappa shape index (κ2) is 3.17. The molecule has 0 fully saturated rings. The summed E-state index contributed by atoms with van der Waals surface area (Å²) >= 11 is 5.94. The van der Waals surface area contributed by atoms with Crippen LogP contribution in [0.1, 0.15) is 12.0 Å². The number of hydrogen-bond donors (Lipinski definition) is 1. The van der Waals surface area contributed by atoms with Gasteiger partial charge in [-0.15, -0.1) is 0 Å². The van der Waals surface area contributed by atoms with Gasteiger partial charge in [-0.3, -0.25) is 4.79 Å². The topological polar surface area (TPSA) is 40.5 Å². The standard InChI is InChI=1S/C10H10ClNO2/c1-12-7-3-4-8(13)10(11)6(7)2-5-9(12)14/h3-4,13H,2,5H2,1H3. The third kappa shape index (κ3) is 1.24. The highest BCUT2D eigenvalue weighted by atomic mass is 35.5. The summed E-state index contributed by atoms with van der Waals surface area (Å²) in [6.45, 7) is 0. The highest BCUT2D eigenvalue weighted by molar-refractivity contribution is 6.33. The van der Waals surface area contributed by atoms with Crippen molar-refractivity contribution < 1.29 is 9.90 Å². The number of hydrogen-bond acceptors (Lipinski definition) is 2. The van der Waals surface area contributed by atoms with Crippen LogP contribution in [0.4, 0.5) is 5.69 Å². The maximum Gasteiger partial charge on any atom is 0.227 e. The number of rotatable bonds is 0. The van der Waals surface area contributed by atoms with Gasteiger partial charge in [-0.1, -0.05) is 11.6 Å². The fraction of sp³-hybridized carbons (Fsp3) is 0.300. The highest BCUT2D eigenvalue weighted by Crippen LogP contribution is 2.37. The number of halogens is 1. The fourth-order valence-corrected chi connectivity index (χ4v) is 1.94. The molecule has 0 saturated carbocycles. The van der Waals surface area contributed by atoms with Gasteiger partial charge < -0.3 is 10.0 Å². The van der Waals surface area contributed by atoms with Crippen molar-refractivity contribution >= 4 is 23.2 Å². The molecule has 1 aromatic rings. The van der Waals surface area contributed by atoms with Crippen LogP contribution >= 0.6 is 11.6 Å². The summed E-state index contributed by atoms with van der Waals surface area (Å²) in [6, 6.07) is 3.23. The molecule has 1 heterocycles. The molecule has 0 aliphatic carbocycles. The number of phenols is 1. The van der Waals surface area contributed by atoms with Crippen molar-refractivity contribution in [3.8, 4) is 5.75 Å². The molecule has 0 aromatic heterocycles. The van der Waals surface area contributed by atoms with Crippen LogP contribution in [0.25, 0.3) is 0 Å². The first-order valence-corrected chi connectivity index (χ1v) is 4.76. The molecule has 1 amide bonds. The number of nitrogens with zero attached hydrogens (tertiary/aromatic N) is 1. The highest BCUT2D eigenvalue weighted by Gasteiger charge is 2.23. The van der Waals surface area contributed by atoms with E-state index in [0.717, 1.165) is 11.3 Å². The second-order valence-electron chi connectivity index (χ2n) is 3.35. The molecule has 1 aromatic carbocycles. The van der Waals surface area contributed by atoms with E-state index in [1.807, 2.05) is 0 Å². The van der Waals surface area contributed by atoms with Crippen molar-refractivity contribution in [1.29, 1.82) is 0 Å². The summed E-state index contributed by atoms with van der Waals surface area (Å²) in [5.74, 6) is 0.160. The minimum absolute atomic E-state index is 0.0770. The Morgan fingerprint density at radius 2 is 2.14 bits per heavy atom. The van der Waals surface area contributed by atoms with Gasteiger partial charge in [0, 0.05) is 19.2 Å². The first kappa shape index (κ1) is 9.34. The normalized spacial score (nSPS) is 15.6. The summed E-state index contributed by atoms with van der Waals surface area (Å²) in [6.07, 6.45) is 1.05. The number of amides is 1. The van der Waals surface area contributed by atoms with Crippen LogP contribution in [0.3, 0.4) is 0 Å². The average Bonchev–Trinajstić information content (AvgIpc) is 2.17. The predicted molar refractivity (Wildman–Crippen MR) is 54.8 cm³/mol. The van der Waals surface area contributed by atoms with E-state index >= 15 is 0 Å². The number of carbonyl (C=O) groups excluding carboxylic acids is 1. The molecule has 0 atom stereocenters. The Kier molecular flexibility index (Phi) is 2.11. The van der Waals surface area contributed by atoms with E-state index in [1.54, 1.807) is 18.0 Å². The molecule has 3 nitrogen and oxygen atoms in total. The van der Waals surface area contributed by atoms with Crippen molar-refractivity contribution in [3.05, 3.63) is 22.7 Å². The van der Waals surface area contributed by atoms with Gasteiger partial charge in [-0.25, -0.2) is 0 Å². The van der Waals surface area contributed by atoms with Crippen LogP contribution in [0.2, 0.25) is 5.02 Å². The molecule has 2 rings (SSSR count). The van der Waals surface area contributed by atoms with Gasteiger partial charge >= 0.3 is 0 Å². The van der Waals surface area contributed by atoms with E-state index in [4.69, 9.17) is 11.6 Å². The zero-order chi connectivity index (χ0) is 10.3. The lowest BCUT2D eigenvalue weighted by Crippen LogP contribution is -2.31. The molecule has 1 N–H and O–H groups in total. The smallest absolute Gasteiger partial charge is 0.227 e. The van der Waals surface area contributed by atoms with Crippen LogP contribution in [-0.4, -0.2) is 18.1 Å². The molecule has 0 spiro atoms. The second-order valence-corrected chi connectivity index (χ2v) is 3.73. The summed E-state index contributed by atoms with van der Waals surface area (Å²) in [5, 5.41) is 9.75. The molecule has 14 heavy (non-hydrogen) atoms. The van der Waals surface area contributed by atoms with Gasteiger partial charge in [0.25, 0.3) is 0 Å². The molecule has 74 valence electrons. The van der Waals surface area contributed by atoms with Crippen molar-refractivity contribution in [1.82, 2.24) is 0 Å². The van der Waals surface area contributed by atoms with Gasteiger partial charge in [0.05, 0.1) is 5.02 Å². The molecular weight excluding hydrogens is 202 g/mol. The minimum Gasteiger partial charge on any atom is -0.506 e. The lowest BCUT2D eigenvalue weighted by atomic mass is 10.0. The molecule has 4 heteroatoms. The van der Waals surface area contributed by atoms with Gasteiger partial charge in [-0.2, -0.15) is 0 Å². The first-order valence-electron chi connectivity index (χ1n) is 4.38. The van der Waals surface area contributed by atoms with Crippen molar-refractivity contribution in [2.24, 2.45) is 0 Å². The molecule has 1 aliphatic rings. The summed E-state index contributed by atoms with van der Waals surface area (Å²) in [7, 11) is 1.72.